The molecule has 2 unspecified atom stereocenters. The maximum absolute atomic E-state index is 11.5. The molecule has 0 saturated carbocycles. The van der Waals surface area contributed by atoms with Gasteiger partial charge in [-0.25, -0.2) is 0 Å². The van der Waals surface area contributed by atoms with Crippen molar-refractivity contribution in [2.75, 3.05) is 19.7 Å². The van der Waals surface area contributed by atoms with E-state index in [-0.39, 0.29) is 18.7 Å². The Bertz CT molecular complexity index is 1180. The van der Waals surface area contributed by atoms with Crippen molar-refractivity contribution in [3.05, 3.63) is 90.3 Å². The lowest BCUT2D eigenvalue weighted by atomic mass is 10.1. The number of benzene rings is 2. The second-order valence-corrected chi connectivity index (χ2v) is 7.47. The number of carbonyl (C=O) groups is 2. The van der Waals surface area contributed by atoms with Gasteiger partial charge in [0, 0.05) is 22.6 Å². The third-order valence-electron chi connectivity index (χ3n) is 4.29. The number of hydrogen-bond donors (Lipinski definition) is 3. The van der Waals surface area contributed by atoms with Crippen molar-refractivity contribution in [1.82, 2.24) is 0 Å². The van der Waals surface area contributed by atoms with E-state index >= 15 is 0 Å². The van der Waals surface area contributed by atoms with Gasteiger partial charge in [-0.2, -0.15) is 5.26 Å². The minimum Gasteiger partial charge on any atom is -0.460 e. The molecular weight excluding hydrogens is 554 g/mol. The fraction of sp³-hybridized carbons (Fsp3) is 0.400. The number of nitrogens with two attached hydrogens (primary N) is 3. The maximum atomic E-state index is 11.5. The van der Waals surface area contributed by atoms with Crippen molar-refractivity contribution in [1.29, 1.82) is 5.26 Å². The van der Waals surface area contributed by atoms with Gasteiger partial charge < -0.3 is 26.7 Å². The van der Waals surface area contributed by atoms with Gasteiger partial charge in [0.2, 0.25) is 0 Å². The number of nitro benzene ring substituents is 2. The van der Waals surface area contributed by atoms with Gasteiger partial charge in [0.05, 0.1) is 22.5 Å². The SMILES string of the molecule is CC.CCN.N#CCOC(=O)C(N)Cc1ccccc1.[N-]=[N+]=NCC(N)C(=O)OCc1cc([N+](=O)[O-])cc([N+](=O)[O-])c1. The first-order chi connectivity index (χ1) is 20.0. The van der Waals surface area contributed by atoms with E-state index in [1.54, 1.807) is 6.07 Å². The predicted molar refractivity (Wildman–Crippen MR) is 152 cm³/mol. The zero-order valence-electron chi connectivity index (χ0n) is 23.5. The molecule has 17 nitrogen and oxygen atoms in total. The Morgan fingerprint density at radius 3 is 1.95 bits per heavy atom. The molecule has 0 bridgehead atoms. The molecule has 0 radical (unpaired) electrons. The highest BCUT2D eigenvalue weighted by Crippen LogP contribution is 2.23. The van der Waals surface area contributed by atoms with Crippen LogP contribution in [0.2, 0.25) is 0 Å². The molecule has 42 heavy (non-hydrogen) atoms. The zero-order chi connectivity index (χ0) is 32.5. The van der Waals surface area contributed by atoms with Gasteiger partial charge in [-0.15, -0.1) is 0 Å². The summed E-state index contributed by atoms with van der Waals surface area (Å²) >= 11 is 0. The number of azide groups is 1. The average Bonchev–Trinajstić information content (AvgIpc) is 2.99. The van der Waals surface area contributed by atoms with E-state index in [1.807, 2.05) is 51.1 Å². The predicted octanol–water partition coefficient (Wildman–Crippen LogP) is 2.80. The summed E-state index contributed by atoms with van der Waals surface area (Å²) in [5.41, 5.74) is 23.9. The van der Waals surface area contributed by atoms with Crippen molar-refractivity contribution >= 4 is 23.3 Å². The van der Waals surface area contributed by atoms with Crippen molar-refractivity contribution in [2.45, 2.75) is 45.9 Å². The molecule has 0 aliphatic heterocycles. The van der Waals surface area contributed by atoms with Gasteiger partial charge in [-0.1, -0.05) is 56.2 Å². The average molecular weight is 590 g/mol. The highest BCUT2D eigenvalue weighted by Gasteiger charge is 2.19. The van der Waals surface area contributed by atoms with Crippen LogP contribution < -0.4 is 17.2 Å². The van der Waals surface area contributed by atoms with E-state index in [0.29, 0.717) is 6.42 Å². The van der Waals surface area contributed by atoms with Crippen LogP contribution in [0.15, 0.2) is 53.6 Å². The maximum Gasteiger partial charge on any atom is 0.324 e. The second-order valence-electron chi connectivity index (χ2n) is 7.47. The van der Waals surface area contributed by atoms with E-state index in [9.17, 15) is 29.8 Å². The van der Waals surface area contributed by atoms with Crippen LogP contribution in [0.25, 0.3) is 10.4 Å². The van der Waals surface area contributed by atoms with Crippen LogP contribution in [0.3, 0.4) is 0 Å². The van der Waals surface area contributed by atoms with Crippen LogP contribution in [0.4, 0.5) is 11.4 Å². The van der Waals surface area contributed by atoms with Gasteiger partial charge in [0.1, 0.15) is 24.8 Å². The summed E-state index contributed by atoms with van der Waals surface area (Å²) < 4.78 is 9.36. The molecule has 0 aromatic heterocycles. The van der Waals surface area contributed by atoms with E-state index in [1.165, 1.54) is 0 Å². The summed E-state index contributed by atoms with van der Waals surface area (Å²) in [6.45, 7) is 5.65. The van der Waals surface area contributed by atoms with E-state index in [0.717, 1.165) is 30.3 Å². The number of esters is 2. The largest absolute Gasteiger partial charge is 0.460 e. The van der Waals surface area contributed by atoms with Gasteiger partial charge >= 0.3 is 11.9 Å². The van der Waals surface area contributed by atoms with Crippen LogP contribution in [0.5, 0.6) is 0 Å². The fourth-order valence-corrected chi connectivity index (χ4v) is 2.57. The molecule has 0 heterocycles. The minimum absolute atomic E-state index is 0.0604. The van der Waals surface area contributed by atoms with E-state index in [2.05, 4.69) is 14.8 Å². The molecule has 2 atom stereocenters. The van der Waals surface area contributed by atoms with Gasteiger partial charge in [0.15, 0.2) is 6.61 Å². The summed E-state index contributed by atoms with van der Waals surface area (Å²) in [6, 6.07) is 12.1. The van der Waals surface area contributed by atoms with Gasteiger partial charge in [-0.3, -0.25) is 29.8 Å². The Balaban J connectivity index is 0. The Kier molecular flexibility index (Phi) is 22.0. The number of non-ortho nitro benzene ring substituents is 2. The number of nitrogens with zero attached hydrogens (tertiary/aromatic N) is 6. The molecule has 0 amide bonds. The molecule has 2 rings (SSSR count). The number of hydrogen-bond acceptors (Lipinski definition) is 13. The molecule has 0 fully saturated rings. The van der Waals surface area contributed by atoms with Crippen LogP contribution in [-0.4, -0.2) is 53.6 Å². The molecule has 0 spiro atoms. The lowest BCUT2D eigenvalue weighted by molar-refractivity contribution is -0.394. The lowest BCUT2D eigenvalue weighted by Crippen LogP contribution is -2.34. The molecule has 0 aliphatic rings. The monoisotopic (exact) mass is 589 g/mol. The Labute approximate surface area is 242 Å². The Morgan fingerprint density at radius 1 is 1.00 bits per heavy atom. The molecule has 0 saturated heterocycles. The first kappa shape index (κ1) is 39.0. The number of rotatable bonds is 11. The standard InChI is InChI=1S/C11H12N2O2.C10H10N6O6.C2H7N.C2H6/c12-6-7-15-11(14)10(13)8-9-4-2-1-3-5-9;11-9(4-13-14-12)10(17)22-5-6-1-7(15(18)19)3-8(2-6)16(20)21;1-2-3;1-2/h1-5,10H,7-8,13H2;1-3,9H,4-5,11H2;2-3H2,1H3;1-2H3. The summed E-state index contributed by atoms with van der Waals surface area (Å²) in [5, 5.41) is 32.7. The second kappa shape index (κ2) is 23.7. The quantitative estimate of drug-likeness (QED) is 0.0851. The topological polar surface area (TPSA) is 289 Å². The number of nitriles is 1. The highest BCUT2D eigenvalue weighted by molar-refractivity contribution is 5.76. The Morgan fingerprint density at radius 2 is 1.50 bits per heavy atom. The van der Waals surface area contributed by atoms with Crippen molar-refractivity contribution in [2.24, 2.45) is 22.3 Å². The lowest BCUT2D eigenvalue weighted by Gasteiger charge is -2.09. The summed E-state index contributed by atoms with van der Waals surface area (Å²) in [7, 11) is 0. The molecule has 17 heteroatoms. The molecule has 2 aromatic rings. The van der Waals surface area contributed by atoms with Gasteiger partial charge in [-0.05, 0) is 24.1 Å². The van der Waals surface area contributed by atoms with E-state index in [4.69, 9.17) is 32.7 Å². The normalized spacial score (nSPS) is 10.5. The zero-order valence-corrected chi connectivity index (χ0v) is 23.5. The van der Waals surface area contributed by atoms with Crippen LogP contribution in [-0.2, 0) is 32.1 Å². The van der Waals surface area contributed by atoms with Gasteiger partial charge in [0.25, 0.3) is 11.4 Å². The smallest absolute Gasteiger partial charge is 0.324 e. The minimum atomic E-state index is -1.19. The number of nitro groups is 2. The van der Waals surface area contributed by atoms with Crippen LogP contribution in [0, 0.1) is 31.6 Å². The molecular formula is C25H35N9O8. The number of ether oxygens (including phenoxy) is 2. The summed E-state index contributed by atoms with van der Waals surface area (Å²) in [5.74, 6) is -1.44. The summed E-state index contributed by atoms with van der Waals surface area (Å²) in [6.07, 6.45) is 0.422. The van der Waals surface area contributed by atoms with Crippen molar-refractivity contribution in [3.63, 3.8) is 0 Å². The van der Waals surface area contributed by atoms with E-state index < -0.39 is 51.9 Å². The fourth-order valence-electron chi connectivity index (χ4n) is 2.57. The first-order valence-corrected chi connectivity index (χ1v) is 12.4. The van der Waals surface area contributed by atoms with Crippen molar-refractivity contribution < 1.29 is 28.9 Å². The van der Waals surface area contributed by atoms with Crippen LogP contribution in [0.1, 0.15) is 31.9 Å². The molecule has 2 aromatic carbocycles. The number of carbonyl (C=O) groups excluding carboxylic acids is 2. The van der Waals surface area contributed by atoms with Crippen LogP contribution >= 0.6 is 0 Å². The highest BCUT2D eigenvalue weighted by atomic mass is 16.6. The Hall–Kier alpha value is -5.14. The third kappa shape index (κ3) is 17.4. The first-order valence-electron chi connectivity index (χ1n) is 12.4. The molecule has 6 N–H and O–H groups in total. The van der Waals surface area contributed by atoms with Crippen molar-refractivity contribution in [3.8, 4) is 6.07 Å². The molecule has 0 aliphatic carbocycles. The third-order valence-corrected chi connectivity index (χ3v) is 4.29. The summed E-state index contributed by atoms with van der Waals surface area (Å²) in [4.78, 5) is 44.9. The molecule has 228 valence electrons.